The summed E-state index contributed by atoms with van der Waals surface area (Å²) < 4.78 is 22.1. The molecule has 0 heterocycles. The molecule has 0 aromatic rings. The van der Waals surface area contributed by atoms with Crippen molar-refractivity contribution in [3.8, 4) is 0 Å². The minimum absolute atomic E-state index is 0.167. The van der Waals surface area contributed by atoms with Crippen LogP contribution < -0.4 is 0 Å². The van der Waals surface area contributed by atoms with Crippen LogP contribution in [0.4, 0.5) is 0 Å². The minimum atomic E-state index is -3.22. The van der Waals surface area contributed by atoms with Gasteiger partial charge in [0.15, 0.2) is 9.84 Å². The van der Waals surface area contributed by atoms with Crippen LogP contribution in [0.25, 0.3) is 0 Å². The van der Waals surface area contributed by atoms with Crippen LogP contribution in [0.5, 0.6) is 0 Å². The summed E-state index contributed by atoms with van der Waals surface area (Å²) in [6, 6.07) is 0. The van der Waals surface area contributed by atoms with Crippen molar-refractivity contribution in [3.05, 3.63) is 29.9 Å². The molecule has 0 aromatic carbocycles. The Morgan fingerprint density at radius 1 is 1.42 bits per heavy atom. The van der Waals surface area contributed by atoms with Gasteiger partial charge >= 0.3 is 0 Å². The van der Waals surface area contributed by atoms with Gasteiger partial charge in [-0.1, -0.05) is 18.2 Å². The van der Waals surface area contributed by atoms with Gasteiger partial charge in [0.1, 0.15) is 11.2 Å². The molecule has 1 unspecified atom stereocenters. The van der Waals surface area contributed by atoms with Crippen molar-refractivity contribution in [2.45, 2.75) is 5.25 Å². The van der Waals surface area contributed by atoms with Crippen molar-refractivity contribution in [1.29, 1.82) is 0 Å². The fourth-order valence-electron chi connectivity index (χ4n) is 0.988. The van der Waals surface area contributed by atoms with E-state index in [0.29, 0.717) is 0 Å². The molecule has 0 aromatic heterocycles. The maximum absolute atomic E-state index is 11.1. The average molecular weight is 184 g/mol. The molecule has 1 rings (SSSR count). The lowest BCUT2D eigenvalue weighted by Gasteiger charge is -2.10. The second-order valence-electron chi connectivity index (χ2n) is 2.55. The Labute approximate surface area is 71.0 Å². The molecule has 0 radical (unpaired) electrons. The van der Waals surface area contributed by atoms with E-state index in [1.54, 1.807) is 18.1 Å². The summed E-state index contributed by atoms with van der Waals surface area (Å²) in [6.45, 7) is 0. The molecule has 1 aliphatic carbocycles. The Bertz CT molecular complexity index is 381. The van der Waals surface area contributed by atoms with Crippen molar-refractivity contribution in [2.24, 2.45) is 0 Å². The number of hydrogen-bond acceptors (Lipinski definition) is 3. The Morgan fingerprint density at radius 3 is 2.50 bits per heavy atom. The number of allylic oxidation sites excluding steroid dienone is 3. The first-order valence-corrected chi connectivity index (χ1v) is 5.30. The molecule has 0 amide bonds. The molecule has 3 nitrogen and oxygen atoms in total. The van der Waals surface area contributed by atoms with Gasteiger partial charge < -0.3 is 0 Å². The lowest BCUT2D eigenvalue weighted by molar-refractivity contribution is 0.566. The molecular weight excluding hydrogens is 176 g/mol. The van der Waals surface area contributed by atoms with E-state index in [1.807, 2.05) is 0 Å². The molecule has 12 heavy (non-hydrogen) atoms. The second kappa shape index (κ2) is 3.09. The zero-order valence-electron chi connectivity index (χ0n) is 6.52. The van der Waals surface area contributed by atoms with Crippen molar-refractivity contribution in [2.75, 3.05) is 6.26 Å². The van der Waals surface area contributed by atoms with E-state index < -0.39 is 15.1 Å². The molecule has 0 fully saturated rings. The molecule has 0 saturated carbocycles. The smallest absolute Gasteiger partial charge is 0.158 e. The Balaban J connectivity index is 3.16. The van der Waals surface area contributed by atoms with Crippen LogP contribution in [0.15, 0.2) is 29.9 Å². The molecule has 0 aliphatic heterocycles. The third-order valence-electron chi connectivity index (χ3n) is 1.56. The molecule has 0 saturated heterocycles. The van der Waals surface area contributed by atoms with Gasteiger partial charge in [-0.05, 0) is 6.08 Å². The van der Waals surface area contributed by atoms with Gasteiger partial charge in [0.2, 0.25) is 0 Å². The van der Waals surface area contributed by atoms with E-state index in [-0.39, 0.29) is 5.57 Å². The third-order valence-corrected chi connectivity index (χ3v) is 2.89. The number of sulfone groups is 1. The highest BCUT2D eigenvalue weighted by Gasteiger charge is 2.22. The quantitative estimate of drug-likeness (QED) is 0.550. The van der Waals surface area contributed by atoms with Crippen molar-refractivity contribution in [3.63, 3.8) is 0 Å². The topological polar surface area (TPSA) is 51.2 Å². The molecular formula is C8H8O3S. The number of hydrogen-bond donors (Lipinski definition) is 0. The molecule has 1 atom stereocenters. The summed E-state index contributed by atoms with van der Waals surface area (Å²) in [5, 5.41) is -0.819. The average Bonchev–Trinajstić information content (AvgIpc) is 2.03. The van der Waals surface area contributed by atoms with Gasteiger partial charge in [0, 0.05) is 6.26 Å². The highest BCUT2D eigenvalue weighted by Crippen LogP contribution is 2.15. The van der Waals surface area contributed by atoms with Gasteiger partial charge in [-0.25, -0.2) is 13.2 Å². The zero-order valence-corrected chi connectivity index (χ0v) is 7.34. The molecule has 4 heteroatoms. The van der Waals surface area contributed by atoms with Gasteiger partial charge in [0.25, 0.3) is 0 Å². The maximum Gasteiger partial charge on any atom is 0.158 e. The van der Waals surface area contributed by atoms with Crippen LogP contribution in [-0.4, -0.2) is 25.9 Å². The highest BCUT2D eigenvalue weighted by molar-refractivity contribution is 7.91. The van der Waals surface area contributed by atoms with Crippen LogP contribution in [0.3, 0.4) is 0 Å². The van der Waals surface area contributed by atoms with E-state index in [4.69, 9.17) is 0 Å². The van der Waals surface area contributed by atoms with Crippen LogP contribution in [0.2, 0.25) is 0 Å². The lowest BCUT2D eigenvalue weighted by Crippen LogP contribution is -2.20. The maximum atomic E-state index is 11.1. The number of rotatable bonds is 1. The predicted octanol–water partition coefficient (Wildman–Crippen LogP) is 0.284. The predicted molar refractivity (Wildman–Crippen MR) is 46.1 cm³/mol. The summed E-state index contributed by atoms with van der Waals surface area (Å²) >= 11 is 0. The van der Waals surface area contributed by atoms with E-state index in [9.17, 15) is 13.2 Å². The zero-order chi connectivity index (χ0) is 9.19. The Kier molecular flexibility index (Phi) is 2.31. The monoisotopic (exact) mass is 184 g/mol. The lowest BCUT2D eigenvalue weighted by atomic mass is 10.1. The van der Waals surface area contributed by atoms with Gasteiger partial charge in [-0.3, -0.25) is 0 Å². The highest BCUT2D eigenvalue weighted by atomic mass is 32.2. The van der Waals surface area contributed by atoms with E-state index in [0.717, 1.165) is 6.26 Å². The Morgan fingerprint density at radius 2 is 2.08 bits per heavy atom. The molecule has 1 aliphatic rings. The number of carbonyl (C=O) groups excluding carboxylic acids is 1. The van der Waals surface area contributed by atoms with Gasteiger partial charge in [-0.15, -0.1) is 0 Å². The van der Waals surface area contributed by atoms with Crippen LogP contribution >= 0.6 is 0 Å². The summed E-state index contributed by atoms with van der Waals surface area (Å²) in [5.74, 6) is 1.61. The summed E-state index contributed by atoms with van der Waals surface area (Å²) in [4.78, 5) is 10.3. The molecule has 64 valence electrons. The van der Waals surface area contributed by atoms with Gasteiger partial charge in [-0.2, -0.15) is 0 Å². The van der Waals surface area contributed by atoms with E-state index in [1.165, 1.54) is 12.2 Å². The normalized spacial score (nSPS) is 22.4. The second-order valence-corrected chi connectivity index (χ2v) is 4.72. The molecule has 0 bridgehead atoms. The minimum Gasteiger partial charge on any atom is -0.233 e. The van der Waals surface area contributed by atoms with E-state index >= 15 is 0 Å². The SMILES string of the molecule is CS(=O)(=O)C1C=CC=CC1=C=O. The Hall–Kier alpha value is -1.12. The van der Waals surface area contributed by atoms with Crippen molar-refractivity contribution in [1.82, 2.24) is 0 Å². The molecule has 0 spiro atoms. The van der Waals surface area contributed by atoms with Crippen LogP contribution in [0.1, 0.15) is 0 Å². The van der Waals surface area contributed by atoms with Crippen LogP contribution in [0, 0.1) is 0 Å². The summed E-state index contributed by atoms with van der Waals surface area (Å²) in [6.07, 6.45) is 7.24. The standard InChI is InChI=1S/C8H8O3S/c1-12(10,11)8-5-3-2-4-7(8)6-9/h2-5,8H,1H3. The summed E-state index contributed by atoms with van der Waals surface area (Å²) in [7, 11) is -3.22. The largest absolute Gasteiger partial charge is 0.233 e. The third kappa shape index (κ3) is 1.72. The van der Waals surface area contributed by atoms with Crippen LogP contribution in [-0.2, 0) is 14.6 Å². The van der Waals surface area contributed by atoms with Crippen molar-refractivity contribution < 1.29 is 13.2 Å². The molecule has 0 N–H and O–H groups in total. The first-order chi connectivity index (χ1) is 5.55. The summed E-state index contributed by atoms with van der Waals surface area (Å²) in [5.41, 5.74) is 0.167. The van der Waals surface area contributed by atoms with Gasteiger partial charge in [0.05, 0.1) is 5.57 Å². The fraction of sp³-hybridized carbons (Fsp3) is 0.250. The van der Waals surface area contributed by atoms with Crippen molar-refractivity contribution >= 4 is 15.8 Å². The fourth-order valence-corrected chi connectivity index (χ4v) is 1.95. The first kappa shape index (κ1) is 8.97. The first-order valence-electron chi connectivity index (χ1n) is 3.34. The van der Waals surface area contributed by atoms with E-state index in [2.05, 4.69) is 0 Å².